The van der Waals surface area contributed by atoms with Crippen molar-refractivity contribution in [1.29, 1.82) is 0 Å². The van der Waals surface area contributed by atoms with Crippen LogP contribution in [0.15, 0.2) is 23.1 Å². The Morgan fingerprint density at radius 2 is 1.95 bits per heavy atom. The molecule has 0 amide bonds. The molecule has 6 heteroatoms. The molecule has 1 aromatic carbocycles. The van der Waals surface area contributed by atoms with E-state index in [2.05, 4.69) is 5.32 Å². The molecule has 0 radical (unpaired) electrons. The van der Waals surface area contributed by atoms with Crippen LogP contribution in [-0.4, -0.2) is 32.4 Å². The van der Waals surface area contributed by atoms with Crippen molar-refractivity contribution in [3.8, 4) is 0 Å². The van der Waals surface area contributed by atoms with Crippen LogP contribution in [0, 0.1) is 5.82 Å². The van der Waals surface area contributed by atoms with Gasteiger partial charge in [-0.25, -0.2) is 12.8 Å². The molecule has 0 aliphatic carbocycles. The highest BCUT2D eigenvalue weighted by Crippen LogP contribution is 2.19. The van der Waals surface area contributed by atoms with Gasteiger partial charge in [-0.2, -0.15) is 4.31 Å². The number of hydrogen-bond donors (Lipinski definition) is 1. The molecule has 0 fully saturated rings. The van der Waals surface area contributed by atoms with E-state index in [4.69, 9.17) is 0 Å². The molecule has 0 spiro atoms. The minimum atomic E-state index is -3.54. The molecule has 0 aromatic heterocycles. The third-order valence-electron chi connectivity index (χ3n) is 3.05. The van der Waals surface area contributed by atoms with Gasteiger partial charge in [0.1, 0.15) is 5.82 Å². The lowest BCUT2D eigenvalue weighted by molar-refractivity contribution is 0.427. The molecule has 0 aliphatic rings. The Morgan fingerprint density at radius 3 is 2.50 bits per heavy atom. The number of nitrogens with zero attached hydrogens (tertiary/aromatic N) is 1. The molecule has 0 aliphatic heterocycles. The molecule has 0 unspecified atom stereocenters. The van der Waals surface area contributed by atoms with Crippen LogP contribution in [0.2, 0.25) is 0 Å². The minimum absolute atomic E-state index is 0.155. The number of sulfonamides is 1. The number of hydrogen-bond acceptors (Lipinski definition) is 3. The third-order valence-corrected chi connectivity index (χ3v) is 5.02. The molecule has 0 atom stereocenters. The Morgan fingerprint density at radius 1 is 1.25 bits per heavy atom. The fourth-order valence-corrected chi connectivity index (χ4v) is 3.55. The van der Waals surface area contributed by atoms with Crippen molar-refractivity contribution in [3.63, 3.8) is 0 Å². The molecule has 114 valence electrons. The second kappa shape index (κ2) is 7.71. The Bertz CT molecular complexity index is 532. The Balaban J connectivity index is 3.11. The lowest BCUT2D eigenvalue weighted by Gasteiger charge is -2.20. The van der Waals surface area contributed by atoms with E-state index >= 15 is 0 Å². The molecule has 0 saturated heterocycles. The molecule has 0 bridgehead atoms. The topological polar surface area (TPSA) is 49.4 Å². The first-order valence-electron chi connectivity index (χ1n) is 6.96. The summed E-state index contributed by atoms with van der Waals surface area (Å²) in [5, 5.41) is 3.00. The van der Waals surface area contributed by atoms with Crippen molar-refractivity contribution in [2.75, 3.05) is 19.6 Å². The van der Waals surface area contributed by atoms with Gasteiger partial charge in [0.15, 0.2) is 0 Å². The maximum absolute atomic E-state index is 13.7. The van der Waals surface area contributed by atoms with Crippen LogP contribution in [0.1, 0.15) is 32.8 Å². The standard InChI is InChI=1S/C14H23FN2O2S/c1-4-9-17(6-3)20(18,19)13-7-8-14(15)12(10-13)11-16-5-2/h7-8,10,16H,4-6,9,11H2,1-3H3. The number of halogens is 1. The van der Waals surface area contributed by atoms with Crippen LogP contribution in [0.25, 0.3) is 0 Å². The van der Waals surface area contributed by atoms with Crippen molar-refractivity contribution in [3.05, 3.63) is 29.6 Å². The maximum atomic E-state index is 13.7. The third kappa shape index (κ3) is 4.01. The van der Waals surface area contributed by atoms with Gasteiger partial charge < -0.3 is 5.32 Å². The van der Waals surface area contributed by atoms with Gasteiger partial charge in [-0.1, -0.05) is 20.8 Å². The normalized spacial score (nSPS) is 12.1. The van der Waals surface area contributed by atoms with E-state index in [9.17, 15) is 12.8 Å². The summed E-state index contributed by atoms with van der Waals surface area (Å²) in [5.41, 5.74) is 0.375. The van der Waals surface area contributed by atoms with E-state index in [-0.39, 0.29) is 10.7 Å². The zero-order valence-corrected chi connectivity index (χ0v) is 13.1. The van der Waals surface area contributed by atoms with Crippen molar-refractivity contribution in [1.82, 2.24) is 9.62 Å². The smallest absolute Gasteiger partial charge is 0.243 e. The SMILES string of the molecule is CCCN(CC)S(=O)(=O)c1ccc(F)c(CNCC)c1. The van der Waals surface area contributed by atoms with Crippen LogP contribution >= 0.6 is 0 Å². The van der Waals surface area contributed by atoms with Crippen LogP contribution in [0.5, 0.6) is 0 Å². The van der Waals surface area contributed by atoms with Gasteiger partial charge in [0.05, 0.1) is 4.90 Å². The largest absolute Gasteiger partial charge is 0.313 e. The van der Waals surface area contributed by atoms with Gasteiger partial charge in [-0.05, 0) is 31.2 Å². The van der Waals surface area contributed by atoms with Gasteiger partial charge in [0, 0.05) is 25.2 Å². The highest BCUT2D eigenvalue weighted by Gasteiger charge is 2.23. The first-order valence-corrected chi connectivity index (χ1v) is 8.40. The first kappa shape index (κ1) is 17.1. The zero-order valence-electron chi connectivity index (χ0n) is 12.3. The van der Waals surface area contributed by atoms with Crippen LogP contribution in [0.3, 0.4) is 0 Å². The molecule has 20 heavy (non-hydrogen) atoms. The fourth-order valence-electron chi connectivity index (χ4n) is 1.95. The zero-order chi connectivity index (χ0) is 15.2. The Labute approximate surface area is 121 Å². The Hall–Kier alpha value is -0.980. The lowest BCUT2D eigenvalue weighted by atomic mass is 10.2. The van der Waals surface area contributed by atoms with Crippen LogP contribution in [0.4, 0.5) is 4.39 Å². The molecule has 1 aromatic rings. The Kier molecular flexibility index (Phi) is 6.58. The molecule has 0 saturated carbocycles. The fraction of sp³-hybridized carbons (Fsp3) is 0.571. The summed E-state index contributed by atoms with van der Waals surface area (Å²) in [4.78, 5) is 0.155. The molecule has 1 rings (SSSR count). The van der Waals surface area contributed by atoms with Crippen molar-refractivity contribution in [2.45, 2.75) is 38.6 Å². The predicted molar refractivity (Wildman–Crippen MR) is 78.5 cm³/mol. The van der Waals surface area contributed by atoms with Crippen molar-refractivity contribution in [2.24, 2.45) is 0 Å². The molecule has 1 N–H and O–H groups in total. The summed E-state index contributed by atoms with van der Waals surface area (Å²) >= 11 is 0. The molecule has 0 heterocycles. The second-order valence-corrected chi connectivity index (χ2v) is 6.47. The monoisotopic (exact) mass is 302 g/mol. The summed E-state index contributed by atoms with van der Waals surface area (Å²) in [6.45, 7) is 7.56. The molecular formula is C14H23FN2O2S. The quantitative estimate of drug-likeness (QED) is 0.802. The molecular weight excluding hydrogens is 279 g/mol. The highest BCUT2D eigenvalue weighted by atomic mass is 32.2. The summed E-state index contributed by atoms with van der Waals surface area (Å²) in [6.07, 6.45) is 0.749. The summed E-state index contributed by atoms with van der Waals surface area (Å²) in [6, 6.07) is 3.98. The number of rotatable bonds is 8. The van der Waals surface area contributed by atoms with E-state index in [1.54, 1.807) is 6.92 Å². The average Bonchev–Trinajstić information content (AvgIpc) is 2.43. The minimum Gasteiger partial charge on any atom is -0.313 e. The van der Waals surface area contributed by atoms with Crippen molar-refractivity contribution < 1.29 is 12.8 Å². The summed E-state index contributed by atoms with van der Waals surface area (Å²) in [7, 11) is -3.54. The number of benzene rings is 1. The average molecular weight is 302 g/mol. The van der Waals surface area contributed by atoms with Gasteiger partial charge >= 0.3 is 0 Å². The van der Waals surface area contributed by atoms with Crippen molar-refractivity contribution >= 4 is 10.0 Å². The van der Waals surface area contributed by atoms with Gasteiger partial charge in [-0.3, -0.25) is 0 Å². The van der Waals surface area contributed by atoms with E-state index in [0.29, 0.717) is 31.7 Å². The predicted octanol–water partition coefficient (Wildman–Crippen LogP) is 2.36. The van der Waals surface area contributed by atoms with E-state index in [0.717, 1.165) is 6.42 Å². The highest BCUT2D eigenvalue weighted by molar-refractivity contribution is 7.89. The first-order chi connectivity index (χ1) is 9.47. The van der Waals surface area contributed by atoms with Crippen LogP contribution < -0.4 is 5.32 Å². The second-order valence-electron chi connectivity index (χ2n) is 4.53. The summed E-state index contributed by atoms with van der Waals surface area (Å²) < 4.78 is 40.0. The molecule has 4 nitrogen and oxygen atoms in total. The number of nitrogens with one attached hydrogen (secondary N) is 1. The van der Waals surface area contributed by atoms with E-state index in [1.165, 1.54) is 22.5 Å². The van der Waals surface area contributed by atoms with E-state index < -0.39 is 10.0 Å². The van der Waals surface area contributed by atoms with Crippen LogP contribution in [-0.2, 0) is 16.6 Å². The lowest BCUT2D eigenvalue weighted by Crippen LogP contribution is -2.31. The van der Waals surface area contributed by atoms with E-state index in [1.807, 2.05) is 13.8 Å². The summed E-state index contributed by atoms with van der Waals surface area (Å²) in [5.74, 6) is -0.386. The maximum Gasteiger partial charge on any atom is 0.243 e. The van der Waals surface area contributed by atoms with Gasteiger partial charge in [0.25, 0.3) is 0 Å². The van der Waals surface area contributed by atoms with Gasteiger partial charge in [0.2, 0.25) is 10.0 Å². The van der Waals surface area contributed by atoms with Gasteiger partial charge in [-0.15, -0.1) is 0 Å².